The topological polar surface area (TPSA) is 78.9 Å². The fourth-order valence-electron chi connectivity index (χ4n) is 1.55. The van der Waals surface area contributed by atoms with E-state index in [0.29, 0.717) is 29.9 Å². The smallest absolute Gasteiger partial charge is 0.335 e. The normalized spacial score (nSPS) is 10.2. The second-order valence-corrected chi connectivity index (χ2v) is 4.86. The number of anilines is 1. The lowest BCUT2D eigenvalue weighted by Crippen LogP contribution is -2.37. The summed E-state index contributed by atoms with van der Waals surface area (Å²) in [5.41, 5.74) is 0.536. The third kappa shape index (κ3) is 4.50. The molecule has 0 aliphatic carbocycles. The van der Waals surface area contributed by atoms with E-state index in [4.69, 9.17) is 9.84 Å². The number of benzene rings is 1. The van der Waals surface area contributed by atoms with Gasteiger partial charge in [-0.2, -0.15) is 0 Å². The van der Waals surface area contributed by atoms with Gasteiger partial charge >= 0.3 is 12.0 Å². The molecule has 110 valence electrons. The van der Waals surface area contributed by atoms with E-state index in [1.807, 2.05) is 6.92 Å². The number of rotatable bonds is 6. The van der Waals surface area contributed by atoms with E-state index in [-0.39, 0.29) is 11.6 Å². The molecule has 1 aromatic carbocycles. The van der Waals surface area contributed by atoms with Gasteiger partial charge in [0, 0.05) is 24.7 Å². The van der Waals surface area contributed by atoms with Gasteiger partial charge in [0.05, 0.1) is 17.9 Å². The third-order valence-corrected chi connectivity index (χ3v) is 3.38. The molecule has 0 aliphatic rings. The van der Waals surface area contributed by atoms with Gasteiger partial charge in [-0.1, -0.05) is 0 Å². The van der Waals surface area contributed by atoms with E-state index >= 15 is 0 Å². The Bertz CT molecular complexity index is 493. The molecule has 0 unspecified atom stereocenters. The first-order chi connectivity index (χ1) is 9.49. The molecule has 0 saturated carbocycles. The molecule has 0 radical (unpaired) electrons. The molecule has 0 aliphatic heterocycles. The molecule has 2 amide bonds. The number of nitrogens with zero attached hydrogens (tertiary/aromatic N) is 1. The molecule has 0 aromatic heterocycles. The number of nitrogens with one attached hydrogen (secondary N) is 1. The minimum absolute atomic E-state index is 0.114. The zero-order chi connectivity index (χ0) is 15.1. The second kappa shape index (κ2) is 7.86. The summed E-state index contributed by atoms with van der Waals surface area (Å²) in [7, 11) is 1.57. The Morgan fingerprint density at radius 2 is 2.15 bits per heavy atom. The van der Waals surface area contributed by atoms with Crippen molar-refractivity contribution >= 4 is 33.6 Å². The number of carbonyl (C=O) groups excluding carboxylic acids is 1. The Balaban J connectivity index is 2.83. The van der Waals surface area contributed by atoms with Gasteiger partial charge in [0.1, 0.15) is 0 Å². The van der Waals surface area contributed by atoms with Crippen LogP contribution in [-0.4, -0.2) is 48.8 Å². The number of carboxylic acids is 1. The van der Waals surface area contributed by atoms with Crippen molar-refractivity contribution in [3.63, 3.8) is 0 Å². The molecule has 0 fully saturated rings. The SMILES string of the molecule is CCN(CCOC)C(=O)Nc1cc(C(=O)O)ccc1Br. The highest BCUT2D eigenvalue weighted by atomic mass is 79.9. The lowest BCUT2D eigenvalue weighted by molar-refractivity contribution is 0.0697. The fourth-order valence-corrected chi connectivity index (χ4v) is 1.90. The largest absolute Gasteiger partial charge is 0.478 e. The summed E-state index contributed by atoms with van der Waals surface area (Å²) in [4.78, 5) is 24.6. The van der Waals surface area contributed by atoms with E-state index in [1.54, 1.807) is 18.1 Å². The van der Waals surface area contributed by atoms with Crippen LogP contribution in [0.2, 0.25) is 0 Å². The van der Waals surface area contributed by atoms with Crippen molar-refractivity contribution in [1.29, 1.82) is 0 Å². The zero-order valence-electron chi connectivity index (χ0n) is 11.4. The number of hydrogen-bond acceptors (Lipinski definition) is 3. The first-order valence-corrected chi connectivity index (χ1v) is 6.86. The van der Waals surface area contributed by atoms with Crippen LogP contribution in [0.25, 0.3) is 0 Å². The van der Waals surface area contributed by atoms with E-state index in [9.17, 15) is 9.59 Å². The highest BCUT2D eigenvalue weighted by molar-refractivity contribution is 9.10. The van der Waals surface area contributed by atoms with Gasteiger partial charge in [-0.3, -0.25) is 0 Å². The molecule has 2 N–H and O–H groups in total. The van der Waals surface area contributed by atoms with E-state index in [2.05, 4.69) is 21.2 Å². The summed E-state index contributed by atoms with van der Waals surface area (Å²) in [5, 5.41) is 11.6. The number of aromatic carboxylic acids is 1. The molecule has 1 rings (SSSR count). The number of likely N-dealkylation sites (N-methyl/N-ethyl adjacent to an activating group) is 1. The zero-order valence-corrected chi connectivity index (χ0v) is 12.9. The van der Waals surface area contributed by atoms with E-state index in [0.717, 1.165) is 0 Å². The fraction of sp³-hybridized carbons (Fsp3) is 0.385. The quantitative estimate of drug-likeness (QED) is 0.831. The average molecular weight is 345 g/mol. The van der Waals surface area contributed by atoms with Crippen molar-refractivity contribution in [1.82, 2.24) is 4.90 Å². The van der Waals surface area contributed by atoms with E-state index in [1.165, 1.54) is 12.1 Å². The van der Waals surface area contributed by atoms with Crippen LogP contribution < -0.4 is 5.32 Å². The Hall–Kier alpha value is -1.60. The number of methoxy groups -OCH3 is 1. The van der Waals surface area contributed by atoms with Crippen LogP contribution in [0.4, 0.5) is 10.5 Å². The Labute approximate surface area is 125 Å². The lowest BCUT2D eigenvalue weighted by atomic mass is 10.2. The van der Waals surface area contributed by atoms with Crippen LogP contribution in [0.1, 0.15) is 17.3 Å². The maximum absolute atomic E-state index is 12.1. The predicted molar refractivity (Wildman–Crippen MR) is 79.2 cm³/mol. The Kier molecular flexibility index (Phi) is 6.47. The summed E-state index contributed by atoms with van der Waals surface area (Å²) in [6.07, 6.45) is 0. The molecular weight excluding hydrogens is 328 g/mol. The third-order valence-electron chi connectivity index (χ3n) is 2.69. The monoisotopic (exact) mass is 344 g/mol. The van der Waals surface area contributed by atoms with Crippen LogP contribution >= 0.6 is 15.9 Å². The molecular formula is C13H17BrN2O4. The summed E-state index contributed by atoms with van der Waals surface area (Å²) in [6.45, 7) is 3.30. The van der Waals surface area contributed by atoms with Crippen molar-refractivity contribution < 1.29 is 19.4 Å². The standard InChI is InChI=1S/C13H17BrN2O4/c1-3-16(6-7-20-2)13(19)15-11-8-9(12(17)18)4-5-10(11)14/h4-5,8H,3,6-7H2,1-2H3,(H,15,19)(H,17,18). The molecule has 7 heteroatoms. The minimum Gasteiger partial charge on any atom is -0.478 e. The minimum atomic E-state index is -1.04. The summed E-state index contributed by atoms with van der Waals surface area (Å²) >= 11 is 3.28. The predicted octanol–water partition coefficient (Wildman–Crippen LogP) is 2.65. The summed E-state index contributed by atoms with van der Waals surface area (Å²) < 4.78 is 5.56. The maximum Gasteiger partial charge on any atom is 0.335 e. The van der Waals surface area contributed by atoms with Gasteiger partial charge in [-0.25, -0.2) is 9.59 Å². The van der Waals surface area contributed by atoms with Crippen LogP contribution in [0.5, 0.6) is 0 Å². The number of urea groups is 1. The van der Waals surface area contributed by atoms with Gasteiger partial charge in [-0.05, 0) is 41.1 Å². The molecule has 0 spiro atoms. The Morgan fingerprint density at radius 1 is 1.45 bits per heavy atom. The highest BCUT2D eigenvalue weighted by Gasteiger charge is 2.14. The first-order valence-electron chi connectivity index (χ1n) is 6.07. The van der Waals surface area contributed by atoms with Crippen molar-refractivity contribution in [3.8, 4) is 0 Å². The molecule has 6 nitrogen and oxygen atoms in total. The first kappa shape index (κ1) is 16.5. The van der Waals surface area contributed by atoms with Gasteiger partial charge in [0.15, 0.2) is 0 Å². The molecule has 0 atom stereocenters. The van der Waals surface area contributed by atoms with Crippen LogP contribution in [0.3, 0.4) is 0 Å². The molecule has 0 saturated heterocycles. The van der Waals surface area contributed by atoms with E-state index < -0.39 is 5.97 Å². The van der Waals surface area contributed by atoms with Crippen LogP contribution in [0.15, 0.2) is 22.7 Å². The molecule has 0 bridgehead atoms. The molecule has 1 aromatic rings. The number of halogens is 1. The van der Waals surface area contributed by atoms with Gasteiger partial charge < -0.3 is 20.1 Å². The number of ether oxygens (including phenoxy) is 1. The number of hydrogen-bond donors (Lipinski definition) is 2. The van der Waals surface area contributed by atoms with Crippen molar-refractivity contribution in [3.05, 3.63) is 28.2 Å². The van der Waals surface area contributed by atoms with Crippen molar-refractivity contribution in [2.75, 3.05) is 32.1 Å². The summed E-state index contributed by atoms with van der Waals surface area (Å²) in [6, 6.07) is 4.16. The highest BCUT2D eigenvalue weighted by Crippen LogP contribution is 2.24. The van der Waals surface area contributed by atoms with Crippen molar-refractivity contribution in [2.45, 2.75) is 6.92 Å². The Morgan fingerprint density at radius 3 is 2.70 bits per heavy atom. The van der Waals surface area contributed by atoms with Gasteiger partial charge in [0.2, 0.25) is 0 Å². The van der Waals surface area contributed by atoms with Gasteiger partial charge in [-0.15, -0.1) is 0 Å². The van der Waals surface area contributed by atoms with Crippen LogP contribution in [-0.2, 0) is 4.74 Å². The lowest BCUT2D eigenvalue weighted by Gasteiger charge is -2.21. The number of carbonyl (C=O) groups is 2. The summed E-state index contributed by atoms with van der Waals surface area (Å²) in [5.74, 6) is -1.04. The molecule has 20 heavy (non-hydrogen) atoms. The maximum atomic E-state index is 12.1. The van der Waals surface area contributed by atoms with Crippen LogP contribution in [0, 0.1) is 0 Å². The average Bonchev–Trinajstić information content (AvgIpc) is 2.41. The second-order valence-electron chi connectivity index (χ2n) is 4.00. The number of amides is 2. The van der Waals surface area contributed by atoms with Gasteiger partial charge in [0.25, 0.3) is 0 Å². The van der Waals surface area contributed by atoms with Crippen molar-refractivity contribution in [2.24, 2.45) is 0 Å². The number of carboxylic acid groups (broad SMARTS) is 1. The molecule has 0 heterocycles.